The number of nitrogen functional groups attached to an aromatic ring is 1. The van der Waals surface area contributed by atoms with Crippen molar-refractivity contribution in [3.63, 3.8) is 0 Å². The molecule has 0 saturated heterocycles. The van der Waals surface area contributed by atoms with Gasteiger partial charge in [0.05, 0.1) is 16.9 Å². The summed E-state index contributed by atoms with van der Waals surface area (Å²) >= 11 is 8.00. The number of nitrogens with one attached hydrogen (secondary N) is 1. The fourth-order valence-corrected chi connectivity index (χ4v) is 3.27. The second kappa shape index (κ2) is 5.15. The highest BCUT2D eigenvalue weighted by Gasteiger charge is 2.26. The molecule has 0 amide bonds. The molecule has 3 N–H and O–H groups in total. The Morgan fingerprint density at radius 1 is 1.56 bits per heavy atom. The highest BCUT2D eigenvalue weighted by atomic mass is 35.5. The maximum Gasteiger partial charge on any atom is 0.145 e. The van der Waals surface area contributed by atoms with Gasteiger partial charge >= 0.3 is 0 Å². The summed E-state index contributed by atoms with van der Waals surface area (Å²) in [6.07, 6.45) is 7.52. The third kappa shape index (κ3) is 2.55. The van der Waals surface area contributed by atoms with Crippen molar-refractivity contribution in [3.05, 3.63) is 17.3 Å². The molecule has 1 aliphatic rings. The lowest BCUT2D eigenvalue weighted by atomic mass is 10.2. The van der Waals surface area contributed by atoms with Crippen LogP contribution in [0.5, 0.6) is 0 Å². The van der Waals surface area contributed by atoms with E-state index < -0.39 is 0 Å². The minimum absolute atomic E-state index is 0.476. The van der Waals surface area contributed by atoms with E-state index in [-0.39, 0.29) is 0 Å². The molecule has 1 aromatic heterocycles. The van der Waals surface area contributed by atoms with Crippen LogP contribution in [0.3, 0.4) is 0 Å². The van der Waals surface area contributed by atoms with Crippen molar-refractivity contribution in [2.45, 2.75) is 30.6 Å². The molecule has 1 heterocycles. The maximum absolute atomic E-state index is 6.09. The van der Waals surface area contributed by atoms with E-state index in [1.54, 1.807) is 12.3 Å². The van der Waals surface area contributed by atoms with Gasteiger partial charge in [-0.1, -0.05) is 18.0 Å². The zero-order valence-corrected chi connectivity index (χ0v) is 10.8. The van der Waals surface area contributed by atoms with Gasteiger partial charge in [-0.3, -0.25) is 0 Å². The molecular formula is C11H16ClN3S. The van der Waals surface area contributed by atoms with Crippen LogP contribution in [-0.2, 0) is 0 Å². The van der Waals surface area contributed by atoms with Gasteiger partial charge in [-0.2, -0.15) is 11.8 Å². The van der Waals surface area contributed by atoms with E-state index in [4.69, 9.17) is 17.3 Å². The van der Waals surface area contributed by atoms with E-state index in [0.29, 0.717) is 22.0 Å². The summed E-state index contributed by atoms with van der Waals surface area (Å²) < 4.78 is 0. The fraction of sp³-hybridized carbons (Fsp3) is 0.545. The zero-order chi connectivity index (χ0) is 11.5. The predicted octanol–water partition coefficient (Wildman–Crippen LogP) is 3.01. The Morgan fingerprint density at radius 2 is 2.38 bits per heavy atom. The van der Waals surface area contributed by atoms with Gasteiger partial charge in [0.2, 0.25) is 0 Å². The zero-order valence-electron chi connectivity index (χ0n) is 9.24. The van der Waals surface area contributed by atoms with E-state index >= 15 is 0 Å². The Labute approximate surface area is 105 Å². The van der Waals surface area contributed by atoms with Crippen LogP contribution >= 0.6 is 23.4 Å². The maximum atomic E-state index is 6.09. The standard InChI is InChI=1S/C11H16ClN3S/c1-16-10-4-2-3-9(10)15-11-8(12)5-7(13)6-14-11/h5-6,9-10H,2-4,13H2,1H3,(H,14,15). The molecule has 1 aromatic rings. The van der Waals surface area contributed by atoms with Gasteiger partial charge < -0.3 is 11.1 Å². The molecule has 2 unspecified atom stereocenters. The topological polar surface area (TPSA) is 50.9 Å². The lowest BCUT2D eigenvalue weighted by Gasteiger charge is -2.20. The van der Waals surface area contributed by atoms with E-state index in [1.807, 2.05) is 11.8 Å². The first-order chi connectivity index (χ1) is 7.70. The van der Waals surface area contributed by atoms with Crippen molar-refractivity contribution < 1.29 is 0 Å². The van der Waals surface area contributed by atoms with Crippen molar-refractivity contribution in [2.24, 2.45) is 0 Å². The molecule has 0 spiro atoms. The van der Waals surface area contributed by atoms with Gasteiger partial charge in [0.15, 0.2) is 0 Å². The van der Waals surface area contributed by atoms with Gasteiger partial charge in [0.25, 0.3) is 0 Å². The third-order valence-corrected chi connectivity index (χ3v) is 4.40. The van der Waals surface area contributed by atoms with Crippen molar-refractivity contribution in [2.75, 3.05) is 17.3 Å². The van der Waals surface area contributed by atoms with Crippen LogP contribution in [0.1, 0.15) is 19.3 Å². The molecule has 5 heteroatoms. The minimum Gasteiger partial charge on any atom is -0.397 e. The minimum atomic E-state index is 0.476. The monoisotopic (exact) mass is 257 g/mol. The van der Waals surface area contributed by atoms with Crippen LogP contribution < -0.4 is 11.1 Å². The number of hydrogen-bond acceptors (Lipinski definition) is 4. The molecule has 88 valence electrons. The number of rotatable bonds is 3. The average Bonchev–Trinajstić information content (AvgIpc) is 2.69. The summed E-state index contributed by atoms with van der Waals surface area (Å²) in [6.45, 7) is 0. The summed E-state index contributed by atoms with van der Waals surface area (Å²) in [4.78, 5) is 4.23. The summed E-state index contributed by atoms with van der Waals surface area (Å²) in [5.74, 6) is 0.752. The highest BCUT2D eigenvalue weighted by Crippen LogP contribution is 2.32. The Bertz CT molecular complexity index is 372. The van der Waals surface area contributed by atoms with Gasteiger partial charge in [-0.15, -0.1) is 0 Å². The molecule has 0 aliphatic heterocycles. The van der Waals surface area contributed by atoms with E-state index in [9.17, 15) is 0 Å². The molecule has 3 nitrogen and oxygen atoms in total. The first kappa shape index (κ1) is 11.9. The number of nitrogens with two attached hydrogens (primary N) is 1. The average molecular weight is 258 g/mol. The predicted molar refractivity (Wildman–Crippen MR) is 72.2 cm³/mol. The van der Waals surface area contributed by atoms with Gasteiger partial charge in [-0.25, -0.2) is 4.98 Å². The van der Waals surface area contributed by atoms with Crippen LogP contribution in [0.15, 0.2) is 12.3 Å². The second-order valence-corrected chi connectivity index (χ2v) is 5.54. The first-order valence-corrected chi connectivity index (χ1v) is 7.07. The smallest absolute Gasteiger partial charge is 0.145 e. The van der Waals surface area contributed by atoms with Gasteiger partial charge in [-0.05, 0) is 25.2 Å². The van der Waals surface area contributed by atoms with Crippen molar-refractivity contribution in [3.8, 4) is 0 Å². The van der Waals surface area contributed by atoms with Crippen LogP contribution in [0.4, 0.5) is 11.5 Å². The van der Waals surface area contributed by atoms with Gasteiger partial charge in [0, 0.05) is 11.3 Å². The molecule has 1 saturated carbocycles. The summed E-state index contributed by atoms with van der Waals surface area (Å²) in [6, 6.07) is 2.21. The molecule has 2 atom stereocenters. The number of halogens is 1. The summed E-state index contributed by atoms with van der Waals surface area (Å²) in [5.41, 5.74) is 6.21. The molecule has 1 aliphatic carbocycles. The van der Waals surface area contributed by atoms with Crippen molar-refractivity contribution >= 4 is 34.9 Å². The van der Waals surface area contributed by atoms with Crippen LogP contribution in [0, 0.1) is 0 Å². The van der Waals surface area contributed by atoms with Gasteiger partial charge in [0.1, 0.15) is 5.82 Å². The molecule has 0 bridgehead atoms. The fourth-order valence-electron chi connectivity index (χ4n) is 2.11. The Hall–Kier alpha value is -0.610. The number of pyridine rings is 1. The normalized spacial score (nSPS) is 24.6. The van der Waals surface area contributed by atoms with Crippen molar-refractivity contribution in [1.29, 1.82) is 0 Å². The highest BCUT2D eigenvalue weighted by molar-refractivity contribution is 7.99. The molecule has 0 radical (unpaired) electrons. The number of nitrogens with zero attached hydrogens (tertiary/aromatic N) is 1. The largest absolute Gasteiger partial charge is 0.397 e. The Morgan fingerprint density at radius 3 is 3.06 bits per heavy atom. The van der Waals surface area contributed by atoms with E-state index in [2.05, 4.69) is 16.6 Å². The Balaban J connectivity index is 2.08. The van der Waals surface area contributed by atoms with E-state index in [1.165, 1.54) is 19.3 Å². The Kier molecular flexibility index (Phi) is 3.82. The van der Waals surface area contributed by atoms with Crippen LogP contribution in [-0.4, -0.2) is 22.5 Å². The molecule has 1 fully saturated rings. The van der Waals surface area contributed by atoms with E-state index in [0.717, 1.165) is 5.82 Å². The molecular weight excluding hydrogens is 242 g/mol. The lowest BCUT2D eigenvalue weighted by Crippen LogP contribution is -2.26. The molecule has 2 rings (SSSR count). The number of anilines is 2. The first-order valence-electron chi connectivity index (χ1n) is 5.41. The number of aromatic nitrogens is 1. The molecule has 16 heavy (non-hydrogen) atoms. The quantitative estimate of drug-likeness (QED) is 0.874. The summed E-state index contributed by atoms with van der Waals surface area (Å²) in [7, 11) is 0. The second-order valence-electron chi connectivity index (χ2n) is 4.05. The SMILES string of the molecule is CSC1CCCC1Nc1ncc(N)cc1Cl. The van der Waals surface area contributed by atoms with Crippen LogP contribution in [0.2, 0.25) is 5.02 Å². The molecule has 0 aromatic carbocycles. The third-order valence-electron chi connectivity index (χ3n) is 2.94. The number of thioether (sulfide) groups is 1. The summed E-state index contributed by atoms with van der Waals surface area (Å²) in [5, 5.41) is 4.68. The lowest BCUT2D eigenvalue weighted by molar-refractivity contribution is 0.763. The number of hydrogen-bond donors (Lipinski definition) is 2. The van der Waals surface area contributed by atoms with Crippen LogP contribution in [0.25, 0.3) is 0 Å². The van der Waals surface area contributed by atoms with Crippen molar-refractivity contribution in [1.82, 2.24) is 4.98 Å².